The van der Waals surface area contributed by atoms with Gasteiger partial charge < -0.3 is 14.6 Å². The van der Waals surface area contributed by atoms with Crippen molar-refractivity contribution < 1.29 is 50.6 Å². The zero-order valence-electron chi connectivity index (χ0n) is 22.8. The fraction of sp³-hybridized carbons (Fsp3) is 0.333. The molecule has 0 saturated carbocycles. The van der Waals surface area contributed by atoms with Gasteiger partial charge in [0.1, 0.15) is 11.5 Å². The summed E-state index contributed by atoms with van der Waals surface area (Å²) in [6, 6.07) is 17.1. The monoisotopic (exact) mass is 615 g/mol. The molecule has 1 aliphatic heterocycles. The number of aliphatic carboxylic acids is 2. The van der Waals surface area contributed by atoms with Gasteiger partial charge in [0.2, 0.25) is 0 Å². The molecule has 0 spiro atoms. The molecule has 0 bridgehead atoms. The lowest BCUT2D eigenvalue weighted by molar-refractivity contribution is -0.193. The zero-order chi connectivity index (χ0) is 31.9. The number of aromatic nitrogens is 3. The molecule has 1 atom stereocenters. The predicted octanol–water partition coefficient (Wildman–Crippen LogP) is 5.05. The van der Waals surface area contributed by atoms with Gasteiger partial charge in [-0.2, -0.15) is 26.3 Å². The van der Waals surface area contributed by atoms with E-state index in [4.69, 9.17) is 24.2 Å². The van der Waals surface area contributed by atoms with Crippen LogP contribution in [0.5, 0.6) is 0 Å². The SMILES string of the molecule is Cc1ccc(-c2ccc3c(C4CN(Cc5ccco5)CCN4C)nnn3c2)cc1.O=C(O)C(F)(F)F.O=C(O)C(F)(F)F. The van der Waals surface area contributed by atoms with Crippen LogP contribution in [0.1, 0.15) is 23.1 Å². The van der Waals surface area contributed by atoms with Crippen molar-refractivity contribution in [2.24, 2.45) is 0 Å². The Bertz CT molecular complexity index is 1480. The summed E-state index contributed by atoms with van der Waals surface area (Å²) < 4.78 is 70.9. The number of rotatable bonds is 4. The van der Waals surface area contributed by atoms with Crippen LogP contribution in [-0.2, 0) is 16.1 Å². The van der Waals surface area contributed by atoms with Gasteiger partial charge in [-0.05, 0) is 37.7 Å². The number of furan rings is 1. The normalized spacial score (nSPS) is 16.1. The Hall–Kier alpha value is -4.44. The lowest BCUT2D eigenvalue weighted by Crippen LogP contribution is -2.46. The quantitative estimate of drug-likeness (QED) is 0.304. The lowest BCUT2D eigenvalue weighted by atomic mass is 10.0. The number of piperazine rings is 1. The molecule has 43 heavy (non-hydrogen) atoms. The Balaban J connectivity index is 0.000000303. The minimum Gasteiger partial charge on any atom is -0.475 e. The van der Waals surface area contributed by atoms with Crippen LogP contribution in [0.25, 0.3) is 16.6 Å². The maximum absolute atomic E-state index is 10.6. The number of pyridine rings is 1. The van der Waals surface area contributed by atoms with Crippen LogP contribution < -0.4 is 0 Å². The van der Waals surface area contributed by atoms with E-state index in [1.165, 1.54) is 11.1 Å². The van der Waals surface area contributed by atoms with Gasteiger partial charge in [0.25, 0.3) is 0 Å². The van der Waals surface area contributed by atoms with Gasteiger partial charge in [-0.3, -0.25) is 9.80 Å². The summed E-state index contributed by atoms with van der Waals surface area (Å²) in [5, 5.41) is 23.3. The molecule has 3 aromatic heterocycles. The average molecular weight is 616 g/mol. The van der Waals surface area contributed by atoms with E-state index in [0.29, 0.717) is 0 Å². The summed E-state index contributed by atoms with van der Waals surface area (Å²) in [5.74, 6) is -4.51. The van der Waals surface area contributed by atoms with Crippen molar-refractivity contribution in [1.29, 1.82) is 0 Å². The molecule has 1 fully saturated rings. The minimum atomic E-state index is -5.08. The Kier molecular flexibility index (Phi) is 10.5. The molecule has 1 aromatic carbocycles. The fourth-order valence-electron chi connectivity index (χ4n) is 4.06. The number of nitrogens with zero attached hydrogens (tertiary/aromatic N) is 5. The average Bonchev–Trinajstić information content (AvgIpc) is 3.59. The topological polar surface area (TPSA) is 124 Å². The van der Waals surface area contributed by atoms with E-state index in [9.17, 15) is 26.3 Å². The number of carboxylic acids is 2. The molecule has 4 heterocycles. The number of carboxylic acid groups (broad SMARTS) is 2. The number of aryl methyl sites for hydroxylation is 1. The first kappa shape index (κ1) is 33.1. The number of hydrogen-bond acceptors (Lipinski definition) is 7. The number of benzene rings is 1. The van der Waals surface area contributed by atoms with E-state index in [1.54, 1.807) is 6.26 Å². The van der Waals surface area contributed by atoms with Gasteiger partial charge >= 0.3 is 24.3 Å². The standard InChI is InChI=1S/C23H25N5O.2C2HF3O2/c1-17-5-7-18(8-6-17)19-9-10-21-23(24-25-28(21)14-19)22-16-27(12-11-26(22)2)15-20-4-3-13-29-20;2*3-2(4,5)1(6)7/h3-10,13-14,22H,11-12,15-16H2,1-2H3;2*(H,6,7). The summed E-state index contributed by atoms with van der Waals surface area (Å²) in [6.45, 7) is 5.85. The first-order chi connectivity index (χ1) is 20.1. The summed E-state index contributed by atoms with van der Waals surface area (Å²) in [5.41, 5.74) is 5.70. The van der Waals surface area contributed by atoms with Crippen LogP contribution in [-0.4, -0.2) is 85.8 Å². The second kappa shape index (κ2) is 13.7. The molecule has 0 amide bonds. The van der Waals surface area contributed by atoms with Gasteiger partial charge in [-0.25, -0.2) is 14.1 Å². The Labute approximate surface area is 240 Å². The molecule has 0 radical (unpaired) electrons. The number of likely N-dealkylation sites (N-methyl/N-ethyl adjacent to an activating group) is 1. The first-order valence-electron chi connectivity index (χ1n) is 12.5. The molecule has 16 heteroatoms. The Morgan fingerprint density at radius 3 is 2.05 bits per heavy atom. The highest BCUT2D eigenvalue weighted by Crippen LogP contribution is 2.28. The minimum absolute atomic E-state index is 0.210. The molecule has 0 aliphatic carbocycles. The Morgan fingerprint density at radius 2 is 1.51 bits per heavy atom. The smallest absolute Gasteiger partial charge is 0.475 e. The molecule has 5 rings (SSSR count). The molecule has 10 nitrogen and oxygen atoms in total. The summed E-state index contributed by atoms with van der Waals surface area (Å²) in [6.07, 6.45) is -6.36. The van der Waals surface area contributed by atoms with E-state index >= 15 is 0 Å². The van der Waals surface area contributed by atoms with Gasteiger partial charge in [-0.1, -0.05) is 41.1 Å². The van der Waals surface area contributed by atoms with E-state index in [2.05, 4.69) is 76.7 Å². The highest BCUT2D eigenvalue weighted by molar-refractivity contribution is 5.73. The first-order valence-corrected chi connectivity index (χ1v) is 12.5. The van der Waals surface area contributed by atoms with Gasteiger partial charge in [0.15, 0.2) is 0 Å². The van der Waals surface area contributed by atoms with Gasteiger partial charge in [0.05, 0.1) is 24.4 Å². The highest BCUT2D eigenvalue weighted by Gasteiger charge is 2.39. The van der Waals surface area contributed by atoms with Crippen molar-refractivity contribution in [3.05, 3.63) is 78.0 Å². The third-order valence-corrected chi connectivity index (χ3v) is 6.32. The maximum Gasteiger partial charge on any atom is 0.490 e. The van der Waals surface area contributed by atoms with E-state index < -0.39 is 24.3 Å². The summed E-state index contributed by atoms with van der Waals surface area (Å²) >= 11 is 0. The Morgan fingerprint density at radius 1 is 0.930 bits per heavy atom. The summed E-state index contributed by atoms with van der Waals surface area (Å²) in [4.78, 5) is 22.6. The maximum atomic E-state index is 10.6. The van der Waals surface area contributed by atoms with Crippen molar-refractivity contribution in [3.8, 4) is 11.1 Å². The summed E-state index contributed by atoms with van der Waals surface area (Å²) in [7, 11) is 2.17. The highest BCUT2D eigenvalue weighted by atomic mass is 19.4. The van der Waals surface area contributed by atoms with Crippen LogP contribution in [0.4, 0.5) is 26.3 Å². The second-order valence-corrected chi connectivity index (χ2v) is 9.51. The zero-order valence-corrected chi connectivity index (χ0v) is 22.8. The molecule has 1 unspecified atom stereocenters. The van der Waals surface area contributed by atoms with Gasteiger partial charge in [0, 0.05) is 31.4 Å². The molecule has 1 saturated heterocycles. The molecule has 2 N–H and O–H groups in total. The van der Waals surface area contributed by atoms with E-state index in [0.717, 1.165) is 48.7 Å². The van der Waals surface area contributed by atoms with Crippen LogP contribution >= 0.6 is 0 Å². The van der Waals surface area contributed by atoms with E-state index in [-0.39, 0.29) is 6.04 Å². The third kappa shape index (κ3) is 9.27. The molecule has 4 aromatic rings. The number of carbonyl (C=O) groups is 2. The van der Waals surface area contributed by atoms with Gasteiger partial charge in [-0.15, -0.1) is 5.10 Å². The fourth-order valence-corrected chi connectivity index (χ4v) is 4.06. The number of halogens is 6. The van der Waals surface area contributed by atoms with Crippen molar-refractivity contribution in [1.82, 2.24) is 24.6 Å². The van der Waals surface area contributed by atoms with Crippen molar-refractivity contribution in [2.45, 2.75) is 31.9 Å². The van der Waals surface area contributed by atoms with Crippen LogP contribution in [0, 0.1) is 6.92 Å². The van der Waals surface area contributed by atoms with Crippen molar-refractivity contribution in [3.63, 3.8) is 0 Å². The number of fused-ring (bicyclic) bond motifs is 1. The lowest BCUT2D eigenvalue weighted by Gasteiger charge is -2.38. The van der Waals surface area contributed by atoms with Crippen LogP contribution in [0.3, 0.4) is 0 Å². The predicted molar refractivity (Wildman–Crippen MR) is 140 cm³/mol. The molecular weight excluding hydrogens is 588 g/mol. The van der Waals surface area contributed by atoms with E-state index in [1.807, 2.05) is 16.6 Å². The largest absolute Gasteiger partial charge is 0.490 e. The van der Waals surface area contributed by atoms with Crippen molar-refractivity contribution in [2.75, 3.05) is 26.7 Å². The number of alkyl halides is 6. The molecule has 1 aliphatic rings. The second-order valence-electron chi connectivity index (χ2n) is 9.51. The van der Waals surface area contributed by atoms with Crippen molar-refractivity contribution >= 4 is 17.5 Å². The van der Waals surface area contributed by atoms with Crippen LogP contribution in [0.15, 0.2) is 65.4 Å². The van der Waals surface area contributed by atoms with Crippen LogP contribution in [0.2, 0.25) is 0 Å². The third-order valence-electron chi connectivity index (χ3n) is 6.32. The molecule has 232 valence electrons. The molecular formula is C27H27F6N5O5. The number of hydrogen-bond donors (Lipinski definition) is 2.